The van der Waals surface area contributed by atoms with Gasteiger partial charge in [0.15, 0.2) is 0 Å². The summed E-state index contributed by atoms with van der Waals surface area (Å²) in [5.74, 6) is 2.39. The Labute approximate surface area is 142 Å². The highest BCUT2D eigenvalue weighted by atomic mass is 16.5. The highest BCUT2D eigenvalue weighted by molar-refractivity contribution is 5.96. The van der Waals surface area contributed by atoms with E-state index in [0.29, 0.717) is 12.3 Å². The largest absolute Gasteiger partial charge is 0.496 e. The van der Waals surface area contributed by atoms with Gasteiger partial charge >= 0.3 is 0 Å². The van der Waals surface area contributed by atoms with Gasteiger partial charge in [0.2, 0.25) is 5.88 Å². The summed E-state index contributed by atoms with van der Waals surface area (Å²) in [6.45, 7) is 2.07. The standard InChI is InChI=1S/C20H21NO3/c1-13-17(11-14-9-10-18(22-2)21-12-14)20(24-4)16-8-6-5-7-15(16)19(13)23-3/h5-10,12H,11H2,1-4H3. The van der Waals surface area contributed by atoms with E-state index in [4.69, 9.17) is 14.2 Å². The molecule has 0 aliphatic heterocycles. The predicted octanol–water partition coefficient (Wildman–Crippen LogP) is 4.16. The van der Waals surface area contributed by atoms with Gasteiger partial charge in [0.1, 0.15) is 11.5 Å². The van der Waals surface area contributed by atoms with Crippen molar-refractivity contribution in [2.24, 2.45) is 0 Å². The van der Waals surface area contributed by atoms with Crippen LogP contribution >= 0.6 is 0 Å². The minimum Gasteiger partial charge on any atom is -0.496 e. The van der Waals surface area contributed by atoms with Crippen molar-refractivity contribution in [3.05, 3.63) is 59.3 Å². The predicted molar refractivity (Wildman–Crippen MR) is 95.4 cm³/mol. The van der Waals surface area contributed by atoms with Gasteiger partial charge in [-0.2, -0.15) is 0 Å². The number of hydrogen-bond acceptors (Lipinski definition) is 4. The van der Waals surface area contributed by atoms with Gasteiger partial charge in [0.05, 0.1) is 21.3 Å². The van der Waals surface area contributed by atoms with Crippen LogP contribution in [0, 0.1) is 6.92 Å². The van der Waals surface area contributed by atoms with Crippen LogP contribution in [-0.2, 0) is 6.42 Å². The highest BCUT2D eigenvalue weighted by Crippen LogP contribution is 2.41. The topological polar surface area (TPSA) is 40.6 Å². The summed E-state index contributed by atoms with van der Waals surface area (Å²) in [6, 6.07) is 12.0. The van der Waals surface area contributed by atoms with E-state index in [9.17, 15) is 0 Å². The summed E-state index contributed by atoms with van der Waals surface area (Å²) in [7, 11) is 5.03. The second-order valence-electron chi connectivity index (χ2n) is 5.60. The van der Waals surface area contributed by atoms with Crippen molar-refractivity contribution in [1.82, 2.24) is 4.98 Å². The van der Waals surface area contributed by atoms with Crippen LogP contribution < -0.4 is 14.2 Å². The average molecular weight is 323 g/mol. The fourth-order valence-electron chi connectivity index (χ4n) is 3.10. The SMILES string of the molecule is COc1ccc(Cc2c(C)c(OC)c3ccccc3c2OC)cn1. The minimum atomic E-state index is 0.610. The zero-order valence-electron chi connectivity index (χ0n) is 14.4. The highest BCUT2D eigenvalue weighted by Gasteiger charge is 2.18. The molecule has 0 radical (unpaired) electrons. The molecule has 4 nitrogen and oxygen atoms in total. The summed E-state index contributed by atoms with van der Waals surface area (Å²) in [6.07, 6.45) is 2.55. The Morgan fingerprint density at radius 1 is 0.833 bits per heavy atom. The van der Waals surface area contributed by atoms with Crippen LogP contribution in [0.2, 0.25) is 0 Å². The number of hydrogen-bond donors (Lipinski definition) is 0. The number of aromatic nitrogens is 1. The van der Waals surface area contributed by atoms with Crippen molar-refractivity contribution in [2.75, 3.05) is 21.3 Å². The molecule has 0 saturated carbocycles. The van der Waals surface area contributed by atoms with Crippen molar-refractivity contribution in [3.8, 4) is 17.4 Å². The maximum atomic E-state index is 5.76. The first-order valence-electron chi connectivity index (χ1n) is 7.80. The van der Waals surface area contributed by atoms with E-state index in [-0.39, 0.29) is 0 Å². The molecule has 0 bridgehead atoms. The third-order valence-corrected chi connectivity index (χ3v) is 4.28. The van der Waals surface area contributed by atoms with Crippen molar-refractivity contribution in [2.45, 2.75) is 13.3 Å². The van der Waals surface area contributed by atoms with Gasteiger partial charge in [0, 0.05) is 35.0 Å². The second kappa shape index (κ2) is 6.79. The van der Waals surface area contributed by atoms with Crippen LogP contribution in [0.4, 0.5) is 0 Å². The molecule has 2 aromatic carbocycles. The molecule has 0 saturated heterocycles. The fraction of sp³-hybridized carbons (Fsp3) is 0.250. The molecule has 124 valence electrons. The molecule has 0 atom stereocenters. The Morgan fingerprint density at radius 2 is 1.50 bits per heavy atom. The van der Waals surface area contributed by atoms with Gasteiger partial charge < -0.3 is 14.2 Å². The van der Waals surface area contributed by atoms with Crippen LogP contribution in [-0.4, -0.2) is 26.3 Å². The molecular weight excluding hydrogens is 302 g/mol. The van der Waals surface area contributed by atoms with Crippen LogP contribution in [0.3, 0.4) is 0 Å². The molecule has 0 N–H and O–H groups in total. The lowest BCUT2D eigenvalue weighted by Crippen LogP contribution is -2.02. The first kappa shape index (κ1) is 16.1. The maximum Gasteiger partial charge on any atom is 0.212 e. The van der Waals surface area contributed by atoms with Crippen molar-refractivity contribution < 1.29 is 14.2 Å². The number of pyridine rings is 1. The van der Waals surface area contributed by atoms with Crippen LogP contribution in [0.15, 0.2) is 42.6 Å². The molecule has 3 aromatic rings. The number of methoxy groups -OCH3 is 3. The third kappa shape index (κ3) is 2.75. The summed E-state index contributed by atoms with van der Waals surface area (Å²) >= 11 is 0. The number of ether oxygens (including phenoxy) is 3. The average Bonchev–Trinajstić information content (AvgIpc) is 2.63. The molecule has 0 spiro atoms. The normalized spacial score (nSPS) is 10.7. The van der Waals surface area contributed by atoms with E-state index in [0.717, 1.165) is 39.0 Å². The smallest absolute Gasteiger partial charge is 0.212 e. The molecule has 3 rings (SSSR count). The summed E-state index contributed by atoms with van der Waals surface area (Å²) in [5, 5.41) is 2.12. The van der Waals surface area contributed by atoms with Gasteiger partial charge in [-0.3, -0.25) is 0 Å². The quantitative estimate of drug-likeness (QED) is 0.707. The van der Waals surface area contributed by atoms with E-state index in [1.807, 2.05) is 30.5 Å². The zero-order chi connectivity index (χ0) is 17.1. The molecule has 0 amide bonds. The molecular formula is C20H21NO3. The van der Waals surface area contributed by atoms with E-state index < -0.39 is 0 Å². The zero-order valence-corrected chi connectivity index (χ0v) is 14.4. The van der Waals surface area contributed by atoms with Crippen LogP contribution in [0.1, 0.15) is 16.7 Å². The summed E-state index contributed by atoms with van der Waals surface area (Å²) in [5.41, 5.74) is 3.29. The monoisotopic (exact) mass is 323 g/mol. The summed E-state index contributed by atoms with van der Waals surface area (Å²) < 4.78 is 16.6. The molecule has 1 heterocycles. The Bertz CT molecular complexity index is 857. The lowest BCUT2D eigenvalue weighted by atomic mass is 9.94. The minimum absolute atomic E-state index is 0.610. The van der Waals surface area contributed by atoms with E-state index >= 15 is 0 Å². The number of benzene rings is 2. The lowest BCUT2D eigenvalue weighted by Gasteiger charge is -2.19. The molecule has 0 aliphatic rings. The maximum absolute atomic E-state index is 5.76. The van der Waals surface area contributed by atoms with Crippen molar-refractivity contribution in [1.29, 1.82) is 0 Å². The Hall–Kier alpha value is -2.75. The Kier molecular flexibility index (Phi) is 4.56. The first-order chi connectivity index (χ1) is 11.7. The van der Waals surface area contributed by atoms with Crippen molar-refractivity contribution in [3.63, 3.8) is 0 Å². The van der Waals surface area contributed by atoms with Gasteiger partial charge in [-0.05, 0) is 18.1 Å². The van der Waals surface area contributed by atoms with Crippen molar-refractivity contribution >= 4 is 10.8 Å². The molecule has 1 aromatic heterocycles. The molecule has 0 fully saturated rings. The molecule has 0 unspecified atom stereocenters. The van der Waals surface area contributed by atoms with Gasteiger partial charge in [0.25, 0.3) is 0 Å². The van der Waals surface area contributed by atoms with Gasteiger partial charge in [-0.1, -0.05) is 30.3 Å². The van der Waals surface area contributed by atoms with Gasteiger partial charge in [-0.15, -0.1) is 0 Å². The molecule has 24 heavy (non-hydrogen) atoms. The lowest BCUT2D eigenvalue weighted by molar-refractivity contribution is 0.397. The van der Waals surface area contributed by atoms with E-state index in [1.165, 1.54) is 0 Å². The van der Waals surface area contributed by atoms with Crippen LogP contribution in [0.25, 0.3) is 10.8 Å². The second-order valence-corrected chi connectivity index (χ2v) is 5.60. The third-order valence-electron chi connectivity index (χ3n) is 4.28. The van der Waals surface area contributed by atoms with Crippen LogP contribution in [0.5, 0.6) is 17.4 Å². The fourth-order valence-corrected chi connectivity index (χ4v) is 3.10. The molecule has 0 aliphatic carbocycles. The Morgan fingerprint density at radius 3 is 2.04 bits per heavy atom. The summed E-state index contributed by atoms with van der Waals surface area (Å²) in [4.78, 5) is 4.29. The first-order valence-corrected chi connectivity index (χ1v) is 7.80. The van der Waals surface area contributed by atoms with E-state index in [1.54, 1.807) is 21.3 Å². The number of rotatable bonds is 5. The van der Waals surface area contributed by atoms with Gasteiger partial charge in [-0.25, -0.2) is 4.98 Å². The number of fused-ring (bicyclic) bond motifs is 1. The molecule has 4 heteroatoms. The van der Waals surface area contributed by atoms with E-state index in [2.05, 4.69) is 24.0 Å². The Balaban J connectivity index is 2.16. The number of nitrogens with zero attached hydrogens (tertiary/aromatic N) is 1.